The highest BCUT2D eigenvalue weighted by molar-refractivity contribution is 6.29. The highest BCUT2D eigenvalue weighted by Gasteiger charge is 2.26. The van der Waals surface area contributed by atoms with Crippen molar-refractivity contribution in [2.45, 2.75) is 13.8 Å². The van der Waals surface area contributed by atoms with Crippen LogP contribution >= 0.6 is 0 Å². The van der Waals surface area contributed by atoms with E-state index in [1.54, 1.807) is 0 Å². The largest absolute Gasteiger partial charge is 0.310 e. The monoisotopic (exact) mass is 1070 g/mol. The molecule has 0 saturated carbocycles. The van der Waals surface area contributed by atoms with Crippen LogP contribution in [-0.2, 0) is 0 Å². The van der Waals surface area contributed by atoms with Crippen molar-refractivity contribution in [1.82, 2.24) is 8.80 Å². The quantitative estimate of drug-likeness (QED) is 0.136. The van der Waals surface area contributed by atoms with E-state index in [0.29, 0.717) is 0 Å². The second-order valence-corrected chi connectivity index (χ2v) is 22.6. The summed E-state index contributed by atoms with van der Waals surface area (Å²) in [7, 11) is 0. The second kappa shape index (κ2) is 18.8. The smallest absolute Gasteiger partial charge is 0.0620 e. The first kappa shape index (κ1) is 47.8. The molecule has 0 amide bonds. The molecule has 0 unspecified atom stereocenters. The fourth-order valence-electron chi connectivity index (χ4n) is 13.8. The molecule has 0 saturated heterocycles. The number of para-hydroxylation sites is 2. The molecular weight excluding hydrogens is 1020 g/mol. The van der Waals surface area contributed by atoms with Crippen LogP contribution in [0.4, 0.5) is 34.1 Å². The Kier molecular flexibility index (Phi) is 10.7. The zero-order chi connectivity index (χ0) is 55.6. The molecule has 4 heterocycles. The molecule has 4 aromatic heterocycles. The summed E-state index contributed by atoms with van der Waals surface area (Å²) in [5, 5.41) is 9.99. The molecule has 0 fully saturated rings. The molecule has 84 heavy (non-hydrogen) atoms. The van der Waals surface area contributed by atoms with Gasteiger partial charge < -0.3 is 18.6 Å². The van der Waals surface area contributed by atoms with Crippen molar-refractivity contribution in [2.75, 3.05) is 9.80 Å². The molecule has 4 nitrogen and oxygen atoms in total. The molecule has 0 radical (unpaired) electrons. The first-order valence-electron chi connectivity index (χ1n) is 29.1. The van der Waals surface area contributed by atoms with Gasteiger partial charge in [0.15, 0.2) is 0 Å². The van der Waals surface area contributed by atoms with E-state index in [-0.39, 0.29) is 0 Å². The lowest BCUT2D eigenvalue weighted by Gasteiger charge is -2.28. The van der Waals surface area contributed by atoms with Gasteiger partial charge in [0.1, 0.15) is 0 Å². The molecule has 0 bridgehead atoms. The van der Waals surface area contributed by atoms with Crippen molar-refractivity contribution in [3.63, 3.8) is 0 Å². The first-order valence-corrected chi connectivity index (χ1v) is 29.1. The lowest BCUT2D eigenvalue weighted by molar-refractivity contribution is 1.25. The van der Waals surface area contributed by atoms with Gasteiger partial charge in [-0.05, 0) is 154 Å². The third kappa shape index (κ3) is 7.40. The maximum Gasteiger partial charge on any atom is 0.0620 e. The molecule has 17 rings (SSSR count). The highest BCUT2D eigenvalue weighted by Crippen LogP contribution is 2.49. The number of nitrogens with zero attached hydrogens (tertiary/aromatic N) is 4. The number of benzene rings is 13. The van der Waals surface area contributed by atoms with Gasteiger partial charge in [0.25, 0.3) is 0 Å². The summed E-state index contributed by atoms with van der Waals surface area (Å²) in [4.78, 5) is 4.92. The van der Waals surface area contributed by atoms with E-state index in [2.05, 4.69) is 324 Å². The number of rotatable bonds is 10. The van der Waals surface area contributed by atoms with E-state index < -0.39 is 0 Å². The number of hydrogen-bond donors (Lipinski definition) is 0. The Labute approximate surface area is 486 Å². The van der Waals surface area contributed by atoms with E-state index in [0.717, 1.165) is 34.1 Å². The van der Waals surface area contributed by atoms with Gasteiger partial charge in [-0.15, -0.1) is 0 Å². The minimum atomic E-state index is 1.11. The van der Waals surface area contributed by atoms with Crippen molar-refractivity contribution in [3.05, 3.63) is 302 Å². The lowest BCUT2D eigenvalue weighted by Crippen LogP contribution is -2.11. The summed E-state index contributed by atoms with van der Waals surface area (Å²) in [5.74, 6) is 0. The Hall–Kier alpha value is -10.9. The fourth-order valence-corrected chi connectivity index (χ4v) is 13.8. The van der Waals surface area contributed by atoms with Crippen LogP contribution in [0.15, 0.2) is 291 Å². The van der Waals surface area contributed by atoms with Crippen molar-refractivity contribution in [1.29, 1.82) is 0 Å². The lowest BCUT2D eigenvalue weighted by atomic mass is 10.00. The standard InChI is InChI=1S/C80H54N4/c1-51-35-37-59(55-23-11-5-12-24-55)45-75(51)81(61-29-15-27-57(43-61)53-19-7-3-8-20-53)63-39-41-73-69(47-63)65-31-17-33-67-71-50-78-72(49-77(71)83(73)79(65)67)68-34-18-32-66-70-48-64(40-42-74(70)84(78)80(66)68)82(62-30-16-28-58(44-62)54-21-9-4-10-22-54)76-46-60(38-36-52(76)2)56-25-13-6-14-26-56/h3-50H,1-2H3. The van der Waals surface area contributed by atoms with Crippen LogP contribution in [0.2, 0.25) is 0 Å². The highest BCUT2D eigenvalue weighted by atomic mass is 15.2. The Balaban J connectivity index is 0.837. The van der Waals surface area contributed by atoms with Crippen molar-refractivity contribution >= 4 is 110 Å². The van der Waals surface area contributed by atoms with Gasteiger partial charge in [-0.2, -0.15) is 0 Å². The summed E-state index contributed by atoms with van der Waals surface area (Å²) >= 11 is 0. The van der Waals surface area contributed by atoms with Gasteiger partial charge in [0, 0.05) is 77.2 Å². The van der Waals surface area contributed by atoms with E-state index in [4.69, 9.17) is 0 Å². The topological polar surface area (TPSA) is 15.3 Å². The number of fused-ring (bicyclic) bond motifs is 12. The van der Waals surface area contributed by atoms with Gasteiger partial charge in [0.2, 0.25) is 0 Å². The molecule has 0 atom stereocenters. The number of hydrogen-bond acceptors (Lipinski definition) is 2. The Morgan fingerprint density at radius 2 is 0.524 bits per heavy atom. The normalized spacial score (nSPS) is 11.9. The van der Waals surface area contributed by atoms with Gasteiger partial charge in [-0.1, -0.05) is 206 Å². The third-order valence-electron chi connectivity index (χ3n) is 17.8. The Bertz CT molecular complexity index is 5050. The molecule has 0 spiro atoms. The molecule has 394 valence electrons. The minimum Gasteiger partial charge on any atom is -0.310 e. The molecular formula is C80H54N4. The Morgan fingerprint density at radius 3 is 0.893 bits per heavy atom. The summed E-state index contributed by atoms with van der Waals surface area (Å²) in [6, 6.07) is 108. The van der Waals surface area contributed by atoms with Crippen LogP contribution in [0.25, 0.3) is 121 Å². The molecule has 0 aliphatic carbocycles. The maximum absolute atomic E-state index is 2.54. The minimum absolute atomic E-state index is 1.11. The summed E-state index contributed by atoms with van der Waals surface area (Å²) in [5.41, 5.74) is 26.0. The van der Waals surface area contributed by atoms with Crippen molar-refractivity contribution in [2.24, 2.45) is 0 Å². The SMILES string of the molecule is Cc1ccc(-c2ccccc2)cc1N(c1cccc(-c2ccccc2)c1)c1ccc2c(c1)c1cccc3c4cc5c(cc4n2c13)c1cccc2c3cc(N(c4cccc(-c6ccccc6)c4)c4cc(-c6ccccc6)ccc4C)ccc3n5c21. The van der Waals surface area contributed by atoms with Crippen molar-refractivity contribution < 1.29 is 0 Å². The van der Waals surface area contributed by atoms with Crippen LogP contribution in [0.5, 0.6) is 0 Å². The molecule has 4 heteroatoms. The molecule has 0 N–H and O–H groups in total. The number of anilines is 6. The molecule has 13 aromatic carbocycles. The van der Waals surface area contributed by atoms with Crippen LogP contribution in [0, 0.1) is 13.8 Å². The summed E-state index contributed by atoms with van der Waals surface area (Å²) < 4.78 is 5.07. The zero-order valence-corrected chi connectivity index (χ0v) is 46.5. The number of aromatic nitrogens is 2. The summed E-state index contributed by atoms with van der Waals surface area (Å²) in [6.45, 7) is 4.46. The van der Waals surface area contributed by atoms with Crippen molar-refractivity contribution in [3.8, 4) is 44.5 Å². The van der Waals surface area contributed by atoms with Crippen LogP contribution in [0.3, 0.4) is 0 Å². The van der Waals surface area contributed by atoms with Crippen LogP contribution in [0.1, 0.15) is 11.1 Å². The zero-order valence-electron chi connectivity index (χ0n) is 46.5. The van der Waals surface area contributed by atoms with Crippen LogP contribution in [-0.4, -0.2) is 8.80 Å². The second-order valence-electron chi connectivity index (χ2n) is 22.6. The van der Waals surface area contributed by atoms with Gasteiger partial charge in [0.05, 0.1) is 33.1 Å². The van der Waals surface area contributed by atoms with Gasteiger partial charge in [-0.3, -0.25) is 0 Å². The van der Waals surface area contributed by atoms with E-state index >= 15 is 0 Å². The maximum atomic E-state index is 2.54. The molecule has 0 aliphatic heterocycles. The fraction of sp³-hybridized carbons (Fsp3) is 0.0250. The average molecular weight is 1070 g/mol. The van der Waals surface area contributed by atoms with Gasteiger partial charge in [-0.25, -0.2) is 0 Å². The molecule has 17 aromatic rings. The van der Waals surface area contributed by atoms with Crippen LogP contribution < -0.4 is 9.80 Å². The van der Waals surface area contributed by atoms with E-state index in [9.17, 15) is 0 Å². The summed E-state index contributed by atoms with van der Waals surface area (Å²) in [6.07, 6.45) is 0. The Morgan fingerprint density at radius 1 is 0.214 bits per heavy atom. The first-order chi connectivity index (χ1) is 41.5. The average Bonchev–Trinajstić information content (AvgIpc) is 2.01. The predicted molar refractivity (Wildman–Crippen MR) is 356 cm³/mol. The van der Waals surface area contributed by atoms with Gasteiger partial charge >= 0.3 is 0 Å². The molecule has 0 aliphatic rings. The van der Waals surface area contributed by atoms with E-state index in [1.165, 1.54) is 132 Å². The predicted octanol–water partition coefficient (Wildman–Crippen LogP) is 22.2. The number of aryl methyl sites for hydroxylation is 2. The van der Waals surface area contributed by atoms with E-state index in [1.807, 2.05) is 0 Å². The third-order valence-corrected chi connectivity index (χ3v) is 17.8.